The molecule has 1 aromatic rings. The second kappa shape index (κ2) is 8.01. The zero-order chi connectivity index (χ0) is 12.7. The first-order chi connectivity index (χ1) is 8.17. The largest absolute Gasteiger partial charge is 0.497 e. The highest BCUT2D eigenvalue weighted by Crippen LogP contribution is 2.22. The molecule has 0 heterocycles. The minimum absolute atomic E-state index is 0.719. The number of methoxy groups -OCH3 is 1. The second-order valence-electron chi connectivity index (χ2n) is 3.97. The van der Waals surface area contributed by atoms with Crippen LogP contribution >= 0.6 is 27.7 Å². The molecule has 0 aromatic heterocycles. The maximum Gasteiger partial charge on any atom is 0.119 e. The summed E-state index contributed by atoms with van der Waals surface area (Å²) in [6.07, 6.45) is 3.35. The molecule has 1 aromatic carbocycles. The van der Waals surface area contributed by atoms with Crippen LogP contribution in [0.1, 0.15) is 18.9 Å². The molecule has 0 amide bonds. The molecule has 4 heteroatoms. The highest BCUT2D eigenvalue weighted by atomic mass is 79.9. The van der Waals surface area contributed by atoms with E-state index in [4.69, 9.17) is 4.74 Å². The molecule has 0 saturated heterocycles. The van der Waals surface area contributed by atoms with Crippen LogP contribution in [0.3, 0.4) is 0 Å². The lowest BCUT2D eigenvalue weighted by atomic mass is 10.2. The van der Waals surface area contributed by atoms with Gasteiger partial charge >= 0.3 is 0 Å². The van der Waals surface area contributed by atoms with Gasteiger partial charge in [0.15, 0.2) is 0 Å². The molecule has 17 heavy (non-hydrogen) atoms. The summed E-state index contributed by atoms with van der Waals surface area (Å²) in [6.45, 7) is 4.18. The van der Waals surface area contributed by atoms with Crippen molar-refractivity contribution in [2.45, 2.75) is 25.1 Å². The van der Waals surface area contributed by atoms with Crippen molar-refractivity contribution in [3.63, 3.8) is 0 Å². The van der Waals surface area contributed by atoms with E-state index in [1.807, 2.05) is 23.9 Å². The number of benzene rings is 1. The van der Waals surface area contributed by atoms with Crippen LogP contribution in [0.15, 0.2) is 22.7 Å². The molecule has 0 aliphatic carbocycles. The van der Waals surface area contributed by atoms with E-state index in [-0.39, 0.29) is 0 Å². The average molecular weight is 318 g/mol. The SMILES string of the molecule is COc1ccc(Br)c(CNCCC(C)SC)c1. The highest BCUT2D eigenvalue weighted by molar-refractivity contribution is 9.10. The Morgan fingerprint density at radius 2 is 2.24 bits per heavy atom. The minimum Gasteiger partial charge on any atom is -0.497 e. The Bertz CT molecular complexity index is 346. The van der Waals surface area contributed by atoms with Crippen molar-refractivity contribution in [2.24, 2.45) is 0 Å². The Kier molecular flexibility index (Phi) is 7.00. The summed E-state index contributed by atoms with van der Waals surface area (Å²) < 4.78 is 6.35. The second-order valence-corrected chi connectivity index (χ2v) is 6.10. The van der Waals surface area contributed by atoms with Gasteiger partial charge in [-0.3, -0.25) is 0 Å². The van der Waals surface area contributed by atoms with Gasteiger partial charge in [0.1, 0.15) is 5.75 Å². The van der Waals surface area contributed by atoms with Crippen molar-refractivity contribution in [1.29, 1.82) is 0 Å². The van der Waals surface area contributed by atoms with Gasteiger partial charge in [0.05, 0.1) is 7.11 Å². The third-order valence-corrected chi connectivity index (χ3v) is 4.51. The predicted molar refractivity (Wildman–Crippen MR) is 80.0 cm³/mol. The Balaban J connectivity index is 2.40. The average Bonchev–Trinajstić information content (AvgIpc) is 2.36. The standard InChI is InChI=1S/C13H20BrNOS/c1-10(17-3)6-7-15-9-11-8-12(16-2)4-5-13(11)14/h4-5,8,10,15H,6-7,9H2,1-3H3. The zero-order valence-corrected chi connectivity index (χ0v) is 13.0. The molecule has 0 fully saturated rings. The Morgan fingerprint density at radius 1 is 1.47 bits per heavy atom. The lowest BCUT2D eigenvalue weighted by Gasteiger charge is -2.11. The third-order valence-electron chi connectivity index (χ3n) is 2.70. The zero-order valence-electron chi connectivity index (χ0n) is 10.6. The van der Waals surface area contributed by atoms with Gasteiger partial charge in [-0.15, -0.1) is 0 Å². The smallest absolute Gasteiger partial charge is 0.119 e. The van der Waals surface area contributed by atoms with E-state index in [9.17, 15) is 0 Å². The van der Waals surface area contributed by atoms with E-state index >= 15 is 0 Å². The van der Waals surface area contributed by atoms with Gasteiger partial charge in [0, 0.05) is 16.3 Å². The first-order valence-electron chi connectivity index (χ1n) is 5.73. The van der Waals surface area contributed by atoms with Crippen LogP contribution in [0, 0.1) is 0 Å². The molecule has 1 unspecified atom stereocenters. The van der Waals surface area contributed by atoms with E-state index in [1.165, 1.54) is 12.0 Å². The molecule has 1 atom stereocenters. The molecule has 2 nitrogen and oxygen atoms in total. The van der Waals surface area contributed by atoms with E-state index in [0.717, 1.165) is 28.6 Å². The number of nitrogens with one attached hydrogen (secondary N) is 1. The number of halogens is 1. The van der Waals surface area contributed by atoms with Gasteiger partial charge in [0.25, 0.3) is 0 Å². The van der Waals surface area contributed by atoms with Crippen LogP contribution in [-0.2, 0) is 6.54 Å². The normalized spacial score (nSPS) is 12.5. The van der Waals surface area contributed by atoms with Crippen LogP contribution < -0.4 is 10.1 Å². The molecule has 1 rings (SSSR count). The molecule has 0 saturated carbocycles. The Morgan fingerprint density at radius 3 is 2.88 bits per heavy atom. The number of ether oxygens (including phenoxy) is 1. The van der Waals surface area contributed by atoms with Gasteiger partial charge in [-0.2, -0.15) is 11.8 Å². The maximum atomic E-state index is 5.22. The van der Waals surface area contributed by atoms with Crippen molar-refractivity contribution in [2.75, 3.05) is 19.9 Å². The maximum absolute atomic E-state index is 5.22. The van der Waals surface area contributed by atoms with Crippen LogP contribution in [-0.4, -0.2) is 25.2 Å². The van der Waals surface area contributed by atoms with Crippen LogP contribution in [0.25, 0.3) is 0 Å². The van der Waals surface area contributed by atoms with Gasteiger partial charge in [-0.25, -0.2) is 0 Å². The quantitative estimate of drug-likeness (QED) is 0.775. The fourth-order valence-corrected chi connectivity index (χ4v) is 2.20. The van der Waals surface area contributed by atoms with Crippen molar-refractivity contribution in [3.05, 3.63) is 28.2 Å². The molecule has 0 aliphatic rings. The summed E-state index contributed by atoms with van der Waals surface area (Å²) in [5.74, 6) is 0.905. The van der Waals surface area contributed by atoms with Crippen LogP contribution in [0.5, 0.6) is 5.75 Å². The van der Waals surface area contributed by atoms with Gasteiger partial charge in [0.2, 0.25) is 0 Å². The fraction of sp³-hybridized carbons (Fsp3) is 0.538. The fourth-order valence-electron chi connectivity index (χ4n) is 1.46. The molecular formula is C13H20BrNOS. The number of rotatable bonds is 7. The predicted octanol–water partition coefficient (Wildman–Crippen LogP) is 3.69. The van der Waals surface area contributed by atoms with Gasteiger partial charge in [-0.05, 0) is 43.0 Å². The molecule has 0 radical (unpaired) electrons. The van der Waals surface area contributed by atoms with Crippen molar-refractivity contribution < 1.29 is 4.74 Å². The highest BCUT2D eigenvalue weighted by Gasteiger charge is 2.03. The van der Waals surface area contributed by atoms with E-state index < -0.39 is 0 Å². The summed E-state index contributed by atoms with van der Waals surface area (Å²) in [4.78, 5) is 0. The molecule has 0 bridgehead atoms. The Hall–Kier alpha value is -0.190. The molecule has 0 aliphatic heterocycles. The molecule has 1 N–H and O–H groups in total. The summed E-state index contributed by atoms with van der Waals surface area (Å²) in [7, 11) is 1.70. The number of hydrogen-bond donors (Lipinski definition) is 1. The van der Waals surface area contributed by atoms with Gasteiger partial charge < -0.3 is 10.1 Å². The third kappa shape index (κ3) is 5.32. The van der Waals surface area contributed by atoms with E-state index in [0.29, 0.717) is 0 Å². The monoisotopic (exact) mass is 317 g/mol. The lowest BCUT2D eigenvalue weighted by Crippen LogP contribution is -2.17. The van der Waals surface area contributed by atoms with Gasteiger partial charge in [-0.1, -0.05) is 22.9 Å². The lowest BCUT2D eigenvalue weighted by molar-refractivity contribution is 0.414. The summed E-state index contributed by atoms with van der Waals surface area (Å²) in [6, 6.07) is 6.05. The summed E-state index contributed by atoms with van der Waals surface area (Å²) in [5, 5.41) is 4.18. The van der Waals surface area contributed by atoms with Crippen molar-refractivity contribution in [1.82, 2.24) is 5.32 Å². The number of thioether (sulfide) groups is 1. The topological polar surface area (TPSA) is 21.3 Å². The van der Waals surface area contributed by atoms with E-state index in [2.05, 4.69) is 40.5 Å². The van der Waals surface area contributed by atoms with Crippen molar-refractivity contribution >= 4 is 27.7 Å². The first-order valence-corrected chi connectivity index (χ1v) is 7.81. The molecule has 0 spiro atoms. The van der Waals surface area contributed by atoms with Crippen LogP contribution in [0.4, 0.5) is 0 Å². The molecular weight excluding hydrogens is 298 g/mol. The van der Waals surface area contributed by atoms with Crippen LogP contribution in [0.2, 0.25) is 0 Å². The first kappa shape index (κ1) is 14.9. The summed E-state index contributed by atoms with van der Waals surface area (Å²) in [5.41, 5.74) is 1.24. The summed E-state index contributed by atoms with van der Waals surface area (Å²) >= 11 is 5.47. The number of hydrogen-bond acceptors (Lipinski definition) is 3. The molecule has 96 valence electrons. The minimum atomic E-state index is 0.719. The van der Waals surface area contributed by atoms with E-state index in [1.54, 1.807) is 7.11 Å². The van der Waals surface area contributed by atoms with Crippen molar-refractivity contribution in [3.8, 4) is 5.75 Å². The Labute approximate surface area is 117 Å².